The highest BCUT2D eigenvalue weighted by atomic mass is 16.6. The van der Waals surface area contributed by atoms with E-state index in [1.165, 1.54) is 5.06 Å². The summed E-state index contributed by atoms with van der Waals surface area (Å²) in [5, 5.41) is 18.9. The number of hydrogen-bond acceptors (Lipinski definition) is 13. The van der Waals surface area contributed by atoms with Crippen LogP contribution in [0.5, 0.6) is 0 Å². The second-order valence-corrected chi connectivity index (χ2v) is 19.2. The number of ether oxygens (including phenoxy) is 6. The number of carbonyl (C=O) groups is 3. The predicted octanol–water partition coefficient (Wildman–Crippen LogP) is 4.56. The molecule has 0 spiro atoms. The van der Waals surface area contributed by atoms with E-state index < -0.39 is 17.0 Å². The van der Waals surface area contributed by atoms with Gasteiger partial charge in [-0.25, -0.2) is 0 Å². The number of carbonyl (C=O) groups excluding carboxylic acids is 3. The molecule has 13 heteroatoms. The molecule has 0 bridgehead atoms. The minimum Gasteiger partial charge on any atom is -0.463 e. The summed E-state index contributed by atoms with van der Waals surface area (Å²) in [4.78, 5) is 38.9. The van der Waals surface area contributed by atoms with Gasteiger partial charge in [-0.15, -0.1) is 0 Å². The van der Waals surface area contributed by atoms with Crippen molar-refractivity contribution in [2.45, 2.75) is 173 Å². The van der Waals surface area contributed by atoms with Gasteiger partial charge in [0.2, 0.25) is 0 Å². The molecular weight excluding hydrogens is 670 g/mol. The lowest BCUT2D eigenvalue weighted by molar-refractivity contribution is -0.200. The first-order valence-electron chi connectivity index (χ1n) is 19.3. The maximum Gasteiger partial charge on any atom is 0.311 e. The molecule has 3 heterocycles. The molecule has 0 aromatic rings. The summed E-state index contributed by atoms with van der Waals surface area (Å²) in [6.07, 6.45) is 3.08. The molecule has 0 radical (unpaired) electrons. The van der Waals surface area contributed by atoms with Gasteiger partial charge in [-0.05, 0) is 122 Å². The summed E-state index contributed by atoms with van der Waals surface area (Å²) in [5.41, 5.74) is -2.27. The topological polar surface area (TPSA) is 154 Å². The van der Waals surface area contributed by atoms with E-state index >= 15 is 0 Å². The minimum absolute atomic E-state index is 0.0864. The molecule has 4 rings (SSSR count). The molecule has 4 fully saturated rings. The smallest absolute Gasteiger partial charge is 0.311 e. The zero-order valence-electron chi connectivity index (χ0n) is 34.0. The first-order chi connectivity index (χ1) is 23.9. The van der Waals surface area contributed by atoms with Gasteiger partial charge in [0.1, 0.15) is 19.8 Å². The highest BCUT2D eigenvalue weighted by molar-refractivity contribution is 5.76. The average molecular weight is 740 g/mol. The molecule has 3 saturated heterocycles. The van der Waals surface area contributed by atoms with Crippen molar-refractivity contribution < 1.29 is 48.0 Å². The van der Waals surface area contributed by atoms with E-state index in [9.17, 15) is 19.6 Å². The lowest BCUT2D eigenvalue weighted by Gasteiger charge is -2.35. The second-order valence-electron chi connectivity index (χ2n) is 19.2. The van der Waals surface area contributed by atoms with Crippen molar-refractivity contribution in [3.05, 3.63) is 0 Å². The standard InChI is InChI=1S/C39H69N3O10/c1-34(2)22-28(37(7,8)40-34)31(43)50-16-13-47-25-19-26(48-14-17-51-32(44)29-23-35(3,4)41-38(29,9)10)21-27(20-25)49-15-18-52-33(45)30-24-36(5,6)42(46)39(30,11)12/h25-30,40-41,46H,13-24H2,1-12H3. The van der Waals surface area contributed by atoms with E-state index in [-0.39, 0.29) is 110 Å². The van der Waals surface area contributed by atoms with Crippen LogP contribution >= 0.6 is 0 Å². The molecule has 0 amide bonds. The number of esters is 3. The molecule has 5 atom stereocenters. The van der Waals surface area contributed by atoms with E-state index in [2.05, 4.69) is 38.3 Å². The SMILES string of the molecule is CC1(C)CC(C(=O)OCCOC2CC(OCCOC(=O)C3CC(C)(C)NC3(C)C)CC(OCCOC(=O)C3CC(C)(C)N(O)C3(C)C)C2)C(C)(C)N1. The van der Waals surface area contributed by atoms with Gasteiger partial charge in [-0.3, -0.25) is 14.4 Å². The Morgan fingerprint density at radius 3 is 1.13 bits per heavy atom. The Balaban J connectivity index is 1.26. The van der Waals surface area contributed by atoms with E-state index in [0.29, 0.717) is 38.5 Å². The molecule has 0 aromatic heterocycles. The van der Waals surface area contributed by atoms with E-state index in [1.54, 1.807) is 0 Å². The van der Waals surface area contributed by atoms with Gasteiger partial charge < -0.3 is 44.3 Å². The quantitative estimate of drug-likeness (QED) is 0.122. The van der Waals surface area contributed by atoms with E-state index in [1.807, 2.05) is 55.4 Å². The summed E-state index contributed by atoms with van der Waals surface area (Å²) in [7, 11) is 0. The molecule has 52 heavy (non-hydrogen) atoms. The van der Waals surface area contributed by atoms with Crippen LogP contribution in [0.15, 0.2) is 0 Å². The number of nitrogens with one attached hydrogen (secondary N) is 2. The third kappa shape index (κ3) is 10.7. The number of hydroxylamine groups is 2. The second kappa shape index (κ2) is 16.1. The molecule has 3 N–H and O–H groups in total. The van der Waals surface area contributed by atoms with Crippen LogP contribution < -0.4 is 10.6 Å². The van der Waals surface area contributed by atoms with Gasteiger partial charge in [0, 0.05) is 27.7 Å². The molecule has 1 saturated carbocycles. The van der Waals surface area contributed by atoms with Crippen LogP contribution in [0.1, 0.15) is 122 Å². The van der Waals surface area contributed by atoms with Gasteiger partial charge in [-0.2, -0.15) is 5.06 Å². The van der Waals surface area contributed by atoms with Crippen LogP contribution in [-0.4, -0.2) is 119 Å². The van der Waals surface area contributed by atoms with Crippen molar-refractivity contribution in [2.24, 2.45) is 17.8 Å². The zero-order valence-corrected chi connectivity index (χ0v) is 34.0. The van der Waals surface area contributed by atoms with Crippen LogP contribution in [0.4, 0.5) is 0 Å². The van der Waals surface area contributed by atoms with Crippen molar-refractivity contribution in [1.82, 2.24) is 15.7 Å². The van der Waals surface area contributed by atoms with Crippen LogP contribution in [0.2, 0.25) is 0 Å². The summed E-state index contributed by atoms with van der Waals surface area (Å²) in [6, 6.07) is 0. The summed E-state index contributed by atoms with van der Waals surface area (Å²) in [5.74, 6) is -1.75. The molecule has 0 aromatic carbocycles. The average Bonchev–Trinajstić information content (AvgIpc) is 3.47. The third-order valence-electron chi connectivity index (χ3n) is 11.6. The number of nitrogens with zero attached hydrogens (tertiary/aromatic N) is 1. The molecule has 3 aliphatic heterocycles. The molecular formula is C39H69N3O10. The number of rotatable bonds is 15. The fourth-order valence-corrected chi connectivity index (χ4v) is 9.39. The summed E-state index contributed by atoms with van der Waals surface area (Å²) in [6.45, 7) is 25.0. The Bertz CT molecular complexity index is 1200. The van der Waals surface area contributed by atoms with Crippen LogP contribution in [0.25, 0.3) is 0 Å². The first-order valence-corrected chi connectivity index (χ1v) is 19.3. The molecule has 4 aliphatic rings. The highest BCUT2D eigenvalue weighted by Crippen LogP contribution is 2.44. The fourth-order valence-electron chi connectivity index (χ4n) is 9.39. The van der Waals surface area contributed by atoms with Crippen LogP contribution in [0.3, 0.4) is 0 Å². The van der Waals surface area contributed by atoms with Gasteiger partial charge >= 0.3 is 17.9 Å². The third-order valence-corrected chi connectivity index (χ3v) is 11.6. The Morgan fingerprint density at radius 1 is 0.538 bits per heavy atom. The Morgan fingerprint density at radius 2 is 0.865 bits per heavy atom. The van der Waals surface area contributed by atoms with Gasteiger partial charge in [0.05, 0.1) is 61.4 Å². The normalized spacial score (nSPS) is 32.7. The minimum atomic E-state index is -0.746. The maximum atomic E-state index is 13.0. The zero-order chi connectivity index (χ0) is 38.9. The predicted molar refractivity (Wildman–Crippen MR) is 195 cm³/mol. The molecule has 5 unspecified atom stereocenters. The first kappa shape index (κ1) is 42.9. The lowest BCUT2D eigenvalue weighted by Crippen LogP contribution is -2.48. The van der Waals surface area contributed by atoms with Gasteiger partial charge in [-0.1, -0.05) is 0 Å². The highest BCUT2D eigenvalue weighted by Gasteiger charge is 2.55. The van der Waals surface area contributed by atoms with Gasteiger partial charge in [0.15, 0.2) is 0 Å². The van der Waals surface area contributed by atoms with Crippen LogP contribution in [-0.2, 0) is 42.8 Å². The van der Waals surface area contributed by atoms with Crippen molar-refractivity contribution in [2.75, 3.05) is 39.6 Å². The summed E-state index contributed by atoms with van der Waals surface area (Å²) < 4.78 is 35.6. The van der Waals surface area contributed by atoms with E-state index in [0.717, 1.165) is 0 Å². The number of hydrogen-bond donors (Lipinski definition) is 3. The van der Waals surface area contributed by atoms with Crippen LogP contribution in [0, 0.1) is 17.8 Å². The van der Waals surface area contributed by atoms with Crippen molar-refractivity contribution in [1.29, 1.82) is 0 Å². The van der Waals surface area contributed by atoms with Gasteiger partial charge in [0.25, 0.3) is 0 Å². The lowest BCUT2D eigenvalue weighted by atomic mass is 9.87. The maximum absolute atomic E-state index is 13.0. The van der Waals surface area contributed by atoms with E-state index in [4.69, 9.17) is 28.4 Å². The van der Waals surface area contributed by atoms with Crippen molar-refractivity contribution in [3.63, 3.8) is 0 Å². The Kier molecular flexibility index (Phi) is 13.3. The fraction of sp³-hybridized carbons (Fsp3) is 0.923. The summed E-state index contributed by atoms with van der Waals surface area (Å²) >= 11 is 0. The largest absolute Gasteiger partial charge is 0.463 e. The Labute approximate surface area is 311 Å². The van der Waals surface area contributed by atoms with Crippen molar-refractivity contribution >= 4 is 17.9 Å². The van der Waals surface area contributed by atoms with Crippen molar-refractivity contribution in [3.8, 4) is 0 Å². The Hall–Kier alpha value is -1.87. The molecule has 300 valence electrons. The monoisotopic (exact) mass is 739 g/mol. The molecule has 1 aliphatic carbocycles. The molecule has 13 nitrogen and oxygen atoms in total.